The number of Topliss-reactive ketones (excluding diaryl/α,β-unsaturated/α-hetero) is 1. The van der Waals surface area contributed by atoms with Crippen LogP contribution in [-0.4, -0.2) is 38.7 Å². The lowest BCUT2D eigenvalue weighted by Crippen LogP contribution is -2.36. The minimum atomic E-state index is -0.969. The summed E-state index contributed by atoms with van der Waals surface area (Å²) in [6.45, 7) is 1.22. The number of aliphatic carboxylic acids is 1. The normalized spacial score (nSPS) is 13.1. The Bertz CT molecular complexity index is 491. The number of ketones is 1. The molecule has 1 aliphatic rings. The number of carboxylic acids is 1. The van der Waals surface area contributed by atoms with Gasteiger partial charge < -0.3 is 5.11 Å². The first kappa shape index (κ1) is 9.51. The summed E-state index contributed by atoms with van der Waals surface area (Å²) in [6, 6.07) is 1.71. The Morgan fingerprint density at radius 3 is 2.87 bits per heavy atom. The van der Waals surface area contributed by atoms with Gasteiger partial charge in [-0.15, -0.1) is 0 Å². The molecule has 0 unspecified atom stereocenters. The fourth-order valence-corrected chi connectivity index (χ4v) is 1.69. The fourth-order valence-electron chi connectivity index (χ4n) is 1.69. The smallest absolute Gasteiger partial charge is 0.370 e. The minimum Gasteiger partial charge on any atom is -0.477 e. The first-order chi connectivity index (χ1) is 7.11. The molecule has 1 aromatic rings. The third-order valence-corrected chi connectivity index (χ3v) is 2.24. The van der Waals surface area contributed by atoms with Crippen LogP contribution in [0.15, 0.2) is 18.5 Å². The van der Waals surface area contributed by atoms with Crippen LogP contribution in [0.5, 0.6) is 0 Å². The van der Waals surface area contributed by atoms with Gasteiger partial charge >= 0.3 is 5.97 Å². The first-order valence-corrected chi connectivity index (χ1v) is 4.43. The SMILES string of the molecule is CC(=O)C1=[N+](CC(=O)O)c2cnccc21. The maximum Gasteiger partial charge on any atom is 0.370 e. The number of hydrogen-bond donors (Lipinski definition) is 1. The van der Waals surface area contributed by atoms with E-state index in [1.165, 1.54) is 11.5 Å². The molecule has 0 fully saturated rings. The molecular weight excluding hydrogens is 196 g/mol. The van der Waals surface area contributed by atoms with Gasteiger partial charge in [0.1, 0.15) is 5.56 Å². The second-order valence-corrected chi connectivity index (χ2v) is 3.28. The van der Waals surface area contributed by atoms with E-state index in [0.717, 1.165) is 5.56 Å². The lowest BCUT2D eigenvalue weighted by molar-refractivity contribution is -0.441. The van der Waals surface area contributed by atoms with Crippen LogP contribution >= 0.6 is 0 Å². The fraction of sp³-hybridized carbons (Fsp3) is 0.200. The van der Waals surface area contributed by atoms with Crippen LogP contribution in [0.3, 0.4) is 0 Å². The van der Waals surface area contributed by atoms with E-state index in [-0.39, 0.29) is 12.3 Å². The molecule has 0 radical (unpaired) electrons. The van der Waals surface area contributed by atoms with Crippen LogP contribution in [0.2, 0.25) is 0 Å². The van der Waals surface area contributed by atoms with Crippen LogP contribution in [0.25, 0.3) is 0 Å². The molecule has 1 aromatic heterocycles. The lowest BCUT2D eigenvalue weighted by Gasteiger charge is -2.15. The van der Waals surface area contributed by atoms with Crippen molar-refractivity contribution in [3.05, 3.63) is 24.0 Å². The summed E-state index contributed by atoms with van der Waals surface area (Å²) in [5.41, 5.74) is 1.93. The van der Waals surface area contributed by atoms with Crippen molar-refractivity contribution in [2.45, 2.75) is 6.92 Å². The standard InChI is InChI=1S/C10H8N2O3/c1-6(13)10-7-2-3-11-4-8(7)12(10)5-9(14)15/h2-4H,5H2,1H3/p+1. The number of nitrogens with zero attached hydrogens (tertiary/aromatic N) is 2. The molecule has 0 aromatic carbocycles. The van der Waals surface area contributed by atoms with Crippen molar-refractivity contribution in [1.82, 2.24) is 4.98 Å². The topological polar surface area (TPSA) is 70.3 Å². The lowest BCUT2D eigenvalue weighted by atomic mass is 9.99. The van der Waals surface area contributed by atoms with Gasteiger partial charge in [-0.3, -0.25) is 9.78 Å². The summed E-state index contributed by atoms with van der Waals surface area (Å²) in [5.74, 6) is -1.10. The third-order valence-electron chi connectivity index (χ3n) is 2.24. The van der Waals surface area contributed by atoms with Crippen molar-refractivity contribution >= 4 is 23.2 Å². The maximum atomic E-state index is 11.3. The van der Waals surface area contributed by atoms with Gasteiger partial charge in [0, 0.05) is 13.1 Å². The zero-order valence-electron chi connectivity index (χ0n) is 8.10. The highest BCUT2D eigenvalue weighted by atomic mass is 16.4. The highest BCUT2D eigenvalue weighted by molar-refractivity contribution is 6.46. The van der Waals surface area contributed by atoms with Crippen molar-refractivity contribution in [2.24, 2.45) is 0 Å². The van der Waals surface area contributed by atoms with Crippen molar-refractivity contribution in [2.75, 3.05) is 6.54 Å². The zero-order chi connectivity index (χ0) is 11.0. The number of fused-ring (bicyclic) bond motifs is 1. The second-order valence-electron chi connectivity index (χ2n) is 3.28. The molecule has 0 spiro atoms. The molecule has 0 bridgehead atoms. The largest absolute Gasteiger partial charge is 0.477 e. The number of rotatable bonds is 3. The van der Waals surface area contributed by atoms with Crippen molar-refractivity contribution in [3.63, 3.8) is 0 Å². The monoisotopic (exact) mass is 205 g/mol. The van der Waals surface area contributed by atoms with Crippen LogP contribution in [0.4, 0.5) is 5.69 Å². The Balaban J connectivity index is 2.45. The molecule has 5 nitrogen and oxygen atoms in total. The molecule has 0 amide bonds. The van der Waals surface area contributed by atoms with E-state index >= 15 is 0 Å². The van der Waals surface area contributed by atoms with Gasteiger partial charge in [0.25, 0.3) is 5.71 Å². The molecule has 2 heterocycles. The predicted molar refractivity (Wildman–Crippen MR) is 51.5 cm³/mol. The van der Waals surface area contributed by atoms with Gasteiger partial charge in [0.15, 0.2) is 0 Å². The Kier molecular flexibility index (Phi) is 2.07. The number of pyridine rings is 1. The second kappa shape index (κ2) is 3.27. The van der Waals surface area contributed by atoms with Crippen LogP contribution < -0.4 is 0 Å². The quantitative estimate of drug-likeness (QED) is 0.716. The summed E-state index contributed by atoms with van der Waals surface area (Å²) in [7, 11) is 0. The third kappa shape index (κ3) is 1.41. The van der Waals surface area contributed by atoms with Gasteiger partial charge in [-0.25, -0.2) is 4.79 Å². The Labute approximate surface area is 85.7 Å². The van der Waals surface area contributed by atoms with E-state index in [2.05, 4.69) is 4.98 Å². The number of carbonyl (C=O) groups is 2. The molecule has 1 aliphatic heterocycles. The Morgan fingerprint density at radius 2 is 2.27 bits per heavy atom. The van der Waals surface area contributed by atoms with E-state index in [1.54, 1.807) is 18.5 Å². The molecule has 0 aliphatic carbocycles. The molecular formula is C10H9N2O3+. The van der Waals surface area contributed by atoms with E-state index in [1.807, 2.05) is 0 Å². The Hall–Kier alpha value is -2.04. The molecule has 15 heavy (non-hydrogen) atoms. The van der Waals surface area contributed by atoms with Gasteiger partial charge in [0.05, 0.1) is 6.20 Å². The Morgan fingerprint density at radius 1 is 1.53 bits per heavy atom. The number of aromatic nitrogens is 1. The number of carbonyl (C=O) groups excluding carboxylic acids is 1. The molecule has 0 saturated heterocycles. The van der Waals surface area contributed by atoms with Gasteiger partial charge in [-0.1, -0.05) is 0 Å². The summed E-state index contributed by atoms with van der Waals surface area (Å²) < 4.78 is 1.47. The molecule has 2 rings (SSSR count). The number of hydrogen-bond acceptors (Lipinski definition) is 3. The van der Waals surface area contributed by atoms with E-state index in [9.17, 15) is 9.59 Å². The maximum absolute atomic E-state index is 11.3. The highest BCUT2D eigenvalue weighted by Gasteiger charge is 2.39. The average molecular weight is 205 g/mol. The summed E-state index contributed by atoms with van der Waals surface area (Å²) in [5, 5.41) is 8.69. The van der Waals surface area contributed by atoms with Crippen molar-refractivity contribution in [1.29, 1.82) is 0 Å². The van der Waals surface area contributed by atoms with Crippen LogP contribution in [0, 0.1) is 0 Å². The summed E-state index contributed by atoms with van der Waals surface area (Å²) in [6.07, 6.45) is 3.14. The van der Waals surface area contributed by atoms with E-state index < -0.39 is 5.97 Å². The van der Waals surface area contributed by atoms with E-state index in [0.29, 0.717) is 11.4 Å². The number of carboxylic acid groups (broad SMARTS) is 1. The summed E-state index contributed by atoms with van der Waals surface area (Å²) >= 11 is 0. The van der Waals surface area contributed by atoms with Crippen molar-refractivity contribution in [3.8, 4) is 0 Å². The molecule has 0 saturated carbocycles. The van der Waals surface area contributed by atoms with E-state index in [4.69, 9.17) is 5.11 Å². The first-order valence-electron chi connectivity index (χ1n) is 4.43. The molecule has 76 valence electrons. The van der Waals surface area contributed by atoms with Gasteiger partial charge in [0.2, 0.25) is 18.0 Å². The molecule has 5 heteroatoms. The predicted octanol–water partition coefficient (Wildman–Crippen LogP) is 0.202. The van der Waals surface area contributed by atoms with Crippen LogP contribution in [-0.2, 0) is 9.59 Å². The van der Waals surface area contributed by atoms with Crippen molar-refractivity contribution < 1.29 is 19.3 Å². The van der Waals surface area contributed by atoms with Gasteiger partial charge in [-0.05, 0) is 6.07 Å². The van der Waals surface area contributed by atoms with Gasteiger partial charge in [-0.2, -0.15) is 4.58 Å². The molecule has 0 atom stereocenters. The average Bonchev–Trinajstić information content (AvgIpc) is 2.13. The summed E-state index contributed by atoms with van der Waals surface area (Å²) in [4.78, 5) is 25.8. The zero-order valence-corrected chi connectivity index (χ0v) is 8.10. The minimum absolute atomic E-state index is 0.130. The van der Waals surface area contributed by atoms with Crippen LogP contribution in [0.1, 0.15) is 12.5 Å². The highest BCUT2D eigenvalue weighted by Crippen LogP contribution is 2.27. The molecule has 1 N–H and O–H groups in total.